The van der Waals surface area contributed by atoms with Gasteiger partial charge >= 0.3 is 0 Å². The molecule has 1 rings (SSSR count). The number of halogens is 1. The predicted octanol–water partition coefficient (Wildman–Crippen LogP) is 4.34. The molecule has 0 aliphatic carbocycles. The molecule has 0 aliphatic rings. The molecular weight excluding hydrogens is 192 g/mol. The first-order valence-electron chi connectivity index (χ1n) is 5.03. The van der Waals surface area contributed by atoms with Crippen LogP contribution >= 0.6 is 11.6 Å². The second kappa shape index (κ2) is 3.94. The summed E-state index contributed by atoms with van der Waals surface area (Å²) in [4.78, 5) is 0. The molecule has 0 bridgehead atoms. The first kappa shape index (κ1) is 11.6. The molecule has 0 saturated carbocycles. The minimum Gasteiger partial charge on any atom is -0.122 e. The molecule has 0 fully saturated rings. The van der Waals surface area contributed by atoms with Gasteiger partial charge in [0, 0.05) is 5.88 Å². The Morgan fingerprint density at radius 2 is 1.57 bits per heavy atom. The van der Waals surface area contributed by atoms with Gasteiger partial charge in [-0.2, -0.15) is 0 Å². The van der Waals surface area contributed by atoms with Gasteiger partial charge in [0.05, 0.1) is 0 Å². The molecule has 1 aromatic rings. The van der Waals surface area contributed by atoms with E-state index in [1.54, 1.807) is 0 Å². The summed E-state index contributed by atoms with van der Waals surface area (Å²) in [5, 5.41) is 0. The zero-order valence-corrected chi connectivity index (χ0v) is 10.5. The minimum absolute atomic E-state index is 0.183. The van der Waals surface area contributed by atoms with Gasteiger partial charge in [-0.15, -0.1) is 11.6 Å². The fraction of sp³-hybridized carbons (Fsp3) is 0.538. The highest BCUT2D eigenvalue weighted by atomic mass is 35.5. The van der Waals surface area contributed by atoms with Crippen LogP contribution in [0.3, 0.4) is 0 Å². The summed E-state index contributed by atoms with van der Waals surface area (Å²) in [5.74, 6) is 0.605. The molecule has 0 radical (unpaired) electrons. The van der Waals surface area contributed by atoms with Gasteiger partial charge in [0.25, 0.3) is 0 Å². The predicted molar refractivity (Wildman–Crippen MR) is 64.2 cm³/mol. The Balaban J connectivity index is 3.35. The van der Waals surface area contributed by atoms with Gasteiger partial charge in [-0.25, -0.2) is 0 Å². The Labute approximate surface area is 92.3 Å². The maximum atomic E-state index is 5.96. The fourth-order valence-corrected chi connectivity index (χ4v) is 1.91. The van der Waals surface area contributed by atoms with Gasteiger partial charge in [-0.05, 0) is 41.5 Å². The summed E-state index contributed by atoms with van der Waals surface area (Å²) in [6.45, 7) is 11.0. The van der Waals surface area contributed by atoms with Crippen molar-refractivity contribution in [1.82, 2.24) is 0 Å². The third kappa shape index (κ3) is 2.30. The zero-order chi connectivity index (χ0) is 10.9. The molecule has 0 N–H and O–H groups in total. The van der Waals surface area contributed by atoms with E-state index in [-0.39, 0.29) is 5.41 Å². The molecule has 78 valence electrons. The van der Waals surface area contributed by atoms with E-state index in [1.807, 2.05) is 0 Å². The van der Waals surface area contributed by atoms with Gasteiger partial charge in [-0.1, -0.05) is 32.9 Å². The number of hydrogen-bond donors (Lipinski definition) is 0. The van der Waals surface area contributed by atoms with E-state index in [0.29, 0.717) is 5.88 Å². The van der Waals surface area contributed by atoms with Crippen LogP contribution in [0.4, 0.5) is 0 Å². The molecule has 0 spiro atoms. The van der Waals surface area contributed by atoms with Crippen molar-refractivity contribution in [3.8, 4) is 0 Å². The van der Waals surface area contributed by atoms with Crippen molar-refractivity contribution in [2.24, 2.45) is 0 Å². The van der Waals surface area contributed by atoms with E-state index in [4.69, 9.17) is 11.6 Å². The average molecular weight is 211 g/mol. The van der Waals surface area contributed by atoms with Crippen LogP contribution in [0.2, 0.25) is 0 Å². The second-order valence-electron chi connectivity index (χ2n) is 4.98. The van der Waals surface area contributed by atoms with E-state index in [9.17, 15) is 0 Å². The molecule has 1 heteroatoms. The molecule has 0 heterocycles. The van der Waals surface area contributed by atoms with Gasteiger partial charge in [0.2, 0.25) is 0 Å². The van der Waals surface area contributed by atoms with E-state index < -0.39 is 0 Å². The van der Waals surface area contributed by atoms with Crippen molar-refractivity contribution in [1.29, 1.82) is 0 Å². The van der Waals surface area contributed by atoms with Crippen LogP contribution in [0.15, 0.2) is 12.1 Å². The third-order valence-electron chi connectivity index (χ3n) is 2.67. The lowest BCUT2D eigenvalue weighted by molar-refractivity contribution is 0.584. The quantitative estimate of drug-likeness (QED) is 0.605. The number of benzene rings is 1. The minimum atomic E-state index is 0.183. The second-order valence-corrected chi connectivity index (χ2v) is 5.24. The van der Waals surface area contributed by atoms with Crippen LogP contribution in [0.25, 0.3) is 0 Å². The Kier molecular flexibility index (Phi) is 3.26. The Morgan fingerprint density at radius 1 is 1.07 bits per heavy atom. The third-order valence-corrected chi connectivity index (χ3v) is 2.96. The Morgan fingerprint density at radius 3 is 2.00 bits per heavy atom. The first-order valence-corrected chi connectivity index (χ1v) is 5.56. The van der Waals surface area contributed by atoms with Crippen molar-refractivity contribution >= 4 is 11.6 Å². The van der Waals surface area contributed by atoms with Crippen molar-refractivity contribution < 1.29 is 0 Å². The molecule has 14 heavy (non-hydrogen) atoms. The molecule has 0 aliphatic heterocycles. The molecule has 0 amide bonds. The maximum absolute atomic E-state index is 5.96. The molecule has 0 atom stereocenters. The van der Waals surface area contributed by atoms with E-state index >= 15 is 0 Å². The van der Waals surface area contributed by atoms with Crippen molar-refractivity contribution in [3.05, 3.63) is 34.4 Å². The number of alkyl halides is 1. The monoisotopic (exact) mass is 210 g/mol. The maximum Gasteiger partial charge on any atom is 0.0477 e. The lowest BCUT2D eigenvalue weighted by atomic mass is 9.82. The summed E-state index contributed by atoms with van der Waals surface area (Å²) in [7, 11) is 0. The van der Waals surface area contributed by atoms with Crippen molar-refractivity contribution in [2.45, 2.75) is 45.9 Å². The number of aryl methyl sites for hydroxylation is 2. The summed E-state index contributed by atoms with van der Waals surface area (Å²) in [6.07, 6.45) is 0. The van der Waals surface area contributed by atoms with Crippen LogP contribution in [-0.2, 0) is 11.3 Å². The lowest BCUT2D eigenvalue weighted by Gasteiger charge is -2.23. The molecule has 0 nitrogen and oxygen atoms in total. The van der Waals surface area contributed by atoms with Crippen molar-refractivity contribution in [3.63, 3.8) is 0 Å². The summed E-state index contributed by atoms with van der Waals surface area (Å²) >= 11 is 5.96. The van der Waals surface area contributed by atoms with E-state index in [1.165, 1.54) is 22.3 Å². The molecular formula is C13H19Cl. The van der Waals surface area contributed by atoms with E-state index in [0.717, 1.165) is 0 Å². The highest BCUT2D eigenvalue weighted by Gasteiger charge is 2.18. The molecule has 0 saturated heterocycles. The lowest BCUT2D eigenvalue weighted by Crippen LogP contribution is -2.14. The first-order chi connectivity index (χ1) is 6.36. The smallest absolute Gasteiger partial charge is 0.0477 e. The van der Waals surface area contributed by atoms with Crippen molar-refractivity contribution in [2.75, 3.05) is 0 Å². The molecule has 0 aromatic heterocycles. The summed E-state index contributed by atoms with van der Waals surface area (Å²) in [6, 6.07) is 4.48. The van der Waals surface area contributed by atoms with Gasteiger partial charge in [0.1, 0.15) is 0 Å². The normalized spacial score (nSPS) is 11.9. The topological polar surface area (TPSA) is 0 Å². The Hall–Kier alpha value is -0.490. The summed E-state index contributed by atoms with van der Waals surface area (Å²) in [5.41, 5.74) is 5.50. The van der Waals surface area contributed by atoms with Gasteiger partial charge in [0.15, 0.2) is 0 Å². The molecule has 0 unspecified atom stereocenters. The molecule has 1 aromatic carbocycles. The number of rotatable bonds is 1. The van der Waals surface area contributed by atoms with E-state index in [2.05, 4.69) is 46.8 Å². The van der Waals surface area contributed by atoms with Gasteiger partial charge < -0.3 is 0 Å². The fourth-order valence-electron chi connectivity index (χ4n) is 1.68. The van der Waals surface area contributed by atoms with Crippen LogP contribution < -0.4 is 0 Å². The highest BCUT2D eigenvalue weighted by molar-refractivity contribution is 6.17. The standard InChI is InChI=1S/C13H19Cl/c1-9-6-11(8-14)12(7-10(9)2)13(3,4)5/h6-7H,8H2,1-5H3. The summed E-state index contributed by atoms with van der Waals surface area (Å²) < 4.78 is 0. The van der Waals surface area contributed by atoms with Gasteiger partial charge in [-0.3, -0.25) is 0 Å². The SMILES string of the molecule is Cc1cc(CCl)c(C(C)(C)C)cc1C. The average Bonchev–Trinajstić information content (AvgIpc) is 2.07. The Bertz CT molecular complexity index is 332. The van der Waals surface area contributed by atoms with Crippen LogP contribution in [0.1, 0.15) is 43.0 Å². The van der Waals surface area contributed by atoms with Crippen LogP contribution in [0, 0.1) is 13.8 Å². The number of hydrogen-bond acceptors (Lipinski definition) is 0. The highest BCUT2D eigenvalue weighted by Crippen LogP contribution is 2.29. The van der Waals surface area contributed by atoms with Crippen LogP contribution in [-0.4, -0.2) is 0 Å². The largest absolute Gasteiger partial charge is 0.122 e. The van der Waals surface area contributed by atoms with Crippen LogP contribution in [0.5, 0.6) is 0 Å². The zero-order valence-electron chi connectivity index (χ0n) is 9.74.